The molecule has 0 spiro atoms. The van der Waals surface area contributed by atoms with Gasteiger partial charge in [-0.3, -0.25) is 0 Å². The molecular formula is C29H25F2O3S+. The fraction of sp³-hybridized carbons (Fsp3) is 0.138. The second-order valence-electron chi connectivity index (χ2n) is 8.33. The predicted octanol–water partition coefficient (Wildman–Crippen LogP) is 6.92. The zero-order valence-corrected chi connectivity index (χ0v) is 20.2. The van der Waals surface area contributed by atoms with Crippen molar-refractivity contribution in [3.05, 3.63) is 120 Å². The summed E-state index contributed by atoms with van der Waals surface area (Å²) >= 11 is 0. The van der Waals surface area contributed by atoms with Crippen molar-refractivity contribution in [2.24, 2.45) is 0 Å². The molecule has 0 aliphatic heterocycles. The van der Waals surface area contributed by atoms with Gasteiger partial charge < -0.3 is 9.47 Å². The summed E-state index contributed by atoms with van der Waals surface area (Å²) in [4.78, 5) is 15.5. The second-order valence-corrected chi connectivity index (χ2v) is 10.4. The summed E-state index contributed by atoms with van der Waals surface area (Å²) in [6, 6.07) is 30.0. The van der Waals surface area contributed by atoms with E-state index in [0.29, 0.717) is 11.3 Å². The Bertz CT molecular complexity index is 1270. The molecule has 4 rings (SSSR count). The number of benzene rings is 4. The molecule has 3 nitrogen and oxygen atoms in total. The van der Waals surface area contributed by atoms with E-state index in [0.717, 1.165) is 14.7 Å². The van der Waals surface area contributed by atoms with Crippen LogP contribution in [0.3, 0.4) is 0 Å². The van der Waals surface area contributed by atoms with Crippen molar-refractivity contribution >= 4 is 16.9 Å². The third-order valence-corrected chi connectivity index (χ3v) is 7.56. The monoisotopic (exact) mass is 491 g/mol. The number of halogens is 2. The Morgan fingerprint density at radius 2 is 1.34 bits per heavy atom. The lowest BCUT2D eigenvalue weighted by molar-refractivity contribution is -0.159. The lowest BCUT2D eigenvalue weighted by atomic mass is 9.98. The molecule has 0 aromatic heterocycles. The Balaban J connectivity index is 1.45. The fourth-order valence-electron chi connectivity index (χ4n) is 3.59. The topological polar surface area (TPSA) is 35.5 Å². The highest BCUT2D eigenvalue weighted by Gasteiger charge is 2.29. The van der Waals surface area contributed by atoms with E-state index in [4.69, 9.17) is 9.47 Å². The van der Waals surface area contributed by atoms with Gasteiger partial charge >= 0.3 is 5.97 Å². The Morgan fingerprint density at radius 1 is 0.743 bits per heavy atom. The molecule has 0 amide bonds. The van der Waals surface area contributed by atoms with E-state index in [2.05, 4.69) is 0 Å². The largest absolute Gasteiger partial charge is 0.482 e. The average Bonchev–Trinajstić information content (AvgIpc) is 2.85. The van der Waals surface area contributed by atoms with E-state index < -0.39 is 28.3 Å². The fourth-order valence-corrected chi connectivity index (χ4v) is 5.65. The smallest absolute Gasteiger partial charge is 0.345 e. The Kier molecular flexibility index (Phi) is 7.51. The predicted molar refractivity (Wildman–Crippen MR) is 132 cm³/mol. The van der Waals surface area contributed by atoms with Crippen LogP contribution in [0.5, 0.6) is 5.75 Å². The van der Waals surface area contributed by atoms with Gasteiger partial charge in [-0.25, -0.2) is 13.6 Å². The zero-order valence-electron chi connectivity index (χ0n) is 19.4. The summed E-state index contributed by atoms with van der Waals surface area (Å²) in [5, 5.41) is 0. The minimum atomic E-state index is -0.994. The van der Waals surface area contributed by atoms with Crippen molar-refractivity contribution in [2.45, 2.75) is 34.1 Å². The number of rotatable bonds is 8. The number of carbonyl (C=O) groups excluding carboxylic acids is 1. The van der Waals surface area contributed by atoms with Crippen LogP contribution in [0.15, 0.2) is 118 Å². The van der Waals surface area contributed by atoms with Crippen LogP contribution in [-0.2, 0) is 26.0 Å². The molecule has 0 fully saturated rings. The first-order chi connectivity index (χ1) is 16.8. The number of hydrogen-bond donors (Lipinski definition) is 0. The summed E-state index contributed by atoms with van der Waals surface area (Å²) < 4.78 is 38.2. The van der Waals surface area contributed by atoms with Crippen LogP contribution >= 0.6 is 0 Å². The van der Waals surface area contributed by atoms with E-state index in [1.165, 1.54) is 24.3 Å². The highest BCUT2D eigenvalue weighted by atomic mass is 32.2. The Labute approximate surface area is 206 Å². The second kappa shape index (κ2) is 10.7. The van der Waals surface area contributed by atoms with E-state index >= 15 is 0 Å². The van der Waals surface area contributed by atoms with Crippen molar-refractivity contribution in [3.8, 4) is 5.75 Å². The number of hydrogen-bond acceptors (Lipinski definition) is 3. The Morgan fingerprint density at radius 3 is 1.97 bits per heavy atom. The molecule has 4 aromatic carbocycles. The summed E-state index contributed by atoms with van der Waals surface area (Å²) in [7, 11) is -0.425. The van der Waals surface area contributed by atoms with Gasteiger partial charge in [0.05, 0.1) is 10.9 Å². The van der Waals surface area contributed by atoms with E-state index in [1.807, 2.05) is 42.5 Å². The highest BCUT2D eigenvalue weighted by molar-refractivity contribution is 7.97. The molecule has 178 valence electrons. The maximum absolute atomic E-state index is 13.5. The van der Waals surface area contributed by atoms with Crippen LogP contribution in [0.4, 0.5) is 8.78 Å². The number of carbonyl (C=O) groups is 1. The quantitative estimate of drug-likeness (QED) is 0.198. The van der Waals surface area contributed by atoms with Gasteiger partial charge in [-0.05, 0) is 92.2 Å². The summed E-state index contributed by atoms with van der Waals surface area (Å²) in [5.74, 6) is -0.705. The van der Waals surface area contributed by atoms with Crippen LogP contribution < -0.4 is 4.74 Å². The summed E-state index contributed by atoms with van der Waals surface area (Å²) in [6.07, 6.45) is 0. The van der Waals surface area contributed by atoms with Crippen molar-refractivity contribution in [1.82, 2.24) is 0 Å². The molecule has 35 heavy (non-hydrogen) atoms. The van der Waals surface area contributed by atoms with Gasteiger partial charge in [-0.1, -0.05) is 30.3 Å². The molecule has 0 radical (unpaired) electrons. The van der Waals surface area contributed by atoms with Crippen molar-refractivity contribution in [3.63, 3.8) is 0 Å². The van der Waals surface area contributed by atoms with Crippen molar-refractivity contribution in [2.75, 3.05) is 6.61 Å². The van der Waals surface area contributed by atoms with E-state index in [1.54, 1.807) is 50.2 Å². The van der Waals surface area contributed by atoms with Crippen LogP contribution in [0.25, 0.3) is 0 Å². The van der Waals surface area contributed by atoms with Crippen LogP contribution in [-0.4, -0.2) is 12.6 Å². The SMILES string of the molecule is CC(C)(OC(=O)COc1ccc([S+](c2ccccc2)c2ccc(F)cc2)cc1)c1cccc(F)c1. The van der Waals surface area contributed by atoms with Crippen molar-refractivity contribution < 1.29 is 23.0 Å². The summed E-state index contributed by atoms with van der Waals surface area (Å²) in [5.41, 5.74) is -0.435. The summed E-state index contributed by atoms with van der Waals surface area (Å²) in [6.45, 7) is 3.13. The highest BCUT2D eigenvalue weighted by Crippen LogP contribution is 2.32. The van der Waals surface area contributed by atoms with Gasteiger partial charge in [-0.2, -0.15) is 0 Å². The maximum atomic E-state index is 13.5. The van der Waals surface area contributed by atoms with Crippen LogP contribution in [0.2, 0.25) is 0 Å². The van der Waals surface area contributed by atoms with Crippen LogP contribution in [0.1, 0.15) is 19.4 Å². The minimum absolute atomic E-state index is 0.276. The van der Waals surface area contributed by atoms with E-state index in [-0.39, 0.29) is 12.4 Å². The molecule has 6 heteroatoms. The molecule has 0 N–H and O–H groups in total. The van der Waals surface area contributed by atoms with Gasteiger partial charge in [0, 0.05) is 0 Å². The minimum Gasteiger partial charge on any atom is -0.482 e. The Hall–Kier alpha value is -3.64. The molecule has 0 aliphatic carbocycles. The molecule has 0 heterocycles. The van der Waals surface area contributed by atoms with Gasteiger partial charge in [0.15, 0.2) is 21.3 Å². The number of esters is 1. The molecule has 0 bridgehead atoms. The van der Waals surface area contributed by atoms with Crippen molar-refractivity contribution in [1.29, 1.82) is 0 Å². The van der Waals surface area contributed by atoms with Gasteiger partial charge in [-0.15, -0.1) is 0 Å². The first kappa shape index (κ1) is 24.5. The number of ether oxygens (including phenoxy) is 2. The standard InChI is InChI=1S/C29H25F2O3S/c1-29(2,21-7-6-8-23(31)19-21)34-28(32)20-33-24-13-17-27(18-14-24)35(25-9-4-3-5-10-25)26-15-11-22(30)12-16-26/h3-19H,20H2,1-2H3/q+1. The third-order valence-electron chi connectivity index (χ3n) is 5.33. The molecule has 1 atom stereocenters. The molecule has 1 unspecified atom stereocenters. The molecule has 0 saturated carbocycles. The van der Waals surface area contributed by atoms with Crippen LogP contribution in [0, 0.1) is 11.6 Å². The van der Waals surface area contributed by atoms with Gasteiger partial charge in [0.25, 0.3) is 0 Å². The lowest BCUT2D eigenvalue weighted by Gasteiger charge is -2.25. The third kappa shape index (κ3) is 6.28. The molecule has 0 saturated heterocycles. The molecule has 0 aliphatic rings. The maximum Gasteiger partial charge on any atom is 0.345 e. The first-order valence-electron chi connectivity index (χ1n) is 11.1. The van der Waals surface area contributed by atoms with Gasteiger partial charge in [0.2, 0.25) is 0 Å². The normalized spacial score (nSPS) is 12.1. The van der Waals surface area contributed by atoms with Gasteiger partial charge in [0.1, 0.15) is 23.0 Å². The zero-order chi connectivity index (χ0) is 24.8. The average molecular weight is 492 g/mol. The molecule has 4 aromatic rings. The molecular weight excluding hydrogens is 466 g/mol. The lowest BCUT2D eigenvalue weighted by Crippen LogP contribution is -2.28. The van der Waals surface area contributed by atoms with E-state index in [9.17, 15) is 13.6 Å². The first-order valence-corrected chi connectivity index (χ1v) is 12.3.